The van der Waals surface area contributed by atoms with Gasteiger partial charge in [-0.1, -0.05) is 70.0 Å². The Morgan fingerprint density at radius 1 is 1.18 bits per heavy atom. The van der Waals surface area contributed by atoms with Gasteiger partial charge in [0.15, 0.2) is 5.67 Å². The number of nitrogens with one attached hydrogen (secondary N) is 3. The van der Waals surface area contributed by atoms with Crippen LogP contribution in [0.15, 0.2) is 41.5 Å². The maximum Gasteiger partial charge on any atom is 0.323 e. The van der Waals surface area contributed by atoms with Crippen molar-refractivity contribution in [3.05, 3.63) is 52.0 Å². The number of esters is 1. The van der Waals surface area contributed by atoms with Crippen molar-refractivity contribution in [3.8, 4) is 0 Å². The molecule has 4 aliphatic rings. The van der Waals surface area contributed by atoms with E-state index in [1.54, 1.807) is 18.2 Å². The van der Waals surface area contributed by atoms with Crippen molar-refractivity contribution in [1.29, 1.82) is 0 Å². The summed E-state index contributed by atoms with van der Waals surface area (Å²) in [5.41, 5.74) is 3.06. The highest BCUT2D eigenvalue weighted by Crippen LogP contribution is 2.59. The number of rotatable bonds is 7. The van der Waals surface area contributed by atoms with Crippen LogP contribution in [0.25, 0.3) is 0 Å². The predicted molar refractivity (Wildman–Crippen MR) is 170 cm³/mol. The minimum absolute atomic E-state index is 0.0295. The molecule has 240 valence electrons. The predicted octanol–water partition coefficient (Wildman–Crippen LogP) is 5.28. The zero-order chi connectivity index (χ0) is 32.2. The van der Waals surface area contributed by atoms with Crippen LogP contribution in [-0.4, -0.2) is 53.7 Å². The third kappa shape index (κ3) is 5.81. The van der Waals surface area contributed by atoms with E-state index in [9.17, 15) is 14.4 Å². The van der Waals surface area contributed by atoms with Gasteiger partial charge in [-0.05, 0) is 73.3 Å². The van der Waals surface area contributed by atoms with E-state index in [1.807, 2.05) is 34.6 Å². The lowest BCUT2D eigenvalue weighted by atomic mass is 9.60. The maximum absolute atomic E-state index is 17.4. The Kier molecular flexibility index (Phi) is 9.01. The summed E-state index contributed by atoms with van der Waals surface area (Å²) < 4.78 is 23.0. The summed E-state index contributed by atoms with van der Waals surface area (Å²) in [5, 5.41) is 9.88. The molecular weight excluding hydrogens is 606 g/mol. The summed E-state index contributed by atoms with van der Waals surface area (Å²) in [5.74, 6) is -2.43. The molecule has 2 heterocycles. The molecule has 1 saturated heterocycles. The maximum atomic E-state index is 17.4. The Labute approximate surface area is 268 Å². The minimum Gasteiger partial charge on any atom is -0.461 e. The second-order valence-electron chi connectivity index (χ2n) is 14.3. The van der Waals surface area contributed by atoms with Crippen LogP contribution in [0.3, 0.4) is 0 Å². The first-order valence-corrected chi connectivity index (χ1v) is 16.2. The number of carbonyl (C=O) groups excluding carboxylic acids is 3. The van der Waals surface area contributed by atoms with Crippen molar-refractivity contribution >= 4 is 46.7 Å². The number of ether oxygens (including phenoxy) is 1. The van der Waals surface area contributed by atoms with Crippen LogP contribution in [0, 0.1) is 17.3 Å². The van der Waals surface area contributed by atoms with Crippen molar-refractivity contribution in [2.45, 2.75) is 108 Å². The number of fused-ring (bicyclic) bond motifs is 2. The van der Waals surface area contributed by atoms with Crippen LogP contribution in [0.5, 0.6) is 0 Å². The zero-order valence-electron chi connectivity index (χ0n) is 25.9. The SMILES string of the molecule is CC(C)[C@H](N)C(=O)OC1CCC(NC(=O)[C@@H]2N[C@H](CC(C)(C)C)[C@]3(C(=O)Nc4cc(Cl)ccc43)[C@H]2C2(F)C=CC=C2Cl)CC1. The van der Waals surface area contributed by atoms with Gasteiger partial charge in [0.25, 0.3) is 0 Å². The standard InChI is InChI=1S/C33H43Cl2FN4O4/c1-17(2)25(37)29(42)44-20-11-9-19(10-12-20)38-28(41)26-27(32(36)14-6-7-23(32)35)33(24(40-26)16-31(3,4)5)21-13-8-18(34)15-22(21)39-30(33)43/h6-8,13-15,17,19-20,24-27,40H,9-12,16,37H2,1-5H3,(H,38,41)(H,39,43)/t19?,20?,24-,25+,26-,27-,32?,33+/m1/s1. The van der Waals surface area contributed by atoms with Crippen molar-refractivity contribution in [1.82, 2.24) is 10.6 Å². The topological polar surface area (TPSA) is 123 Å². The molecule has 5 rings (SSSR count). The Bertz CT molecular complexity index is 1390. The molecule has 2 fully saturated rings. The number of carbonyl (C=O) groups is 3. The van der Waals surface area contributed by atoms with Gasteiger partial charge in [-0.2, -0.15) is 0 Å². The molecule has 0 aromatic heterocycles. The lowest BCUT2D eigenvalue weighted by Gasteiger charge is -2.42. The highest BCUT2D eigenvalue weighted by Gasteiger charge is 2.71. The number of hydrogen-bond donors (Lipinski definition) is 4. The molecule has 1 unspecified atom stereocenters. The first-order valence-electron chi connectivity index (χ1n) is 15.5. The molecule has 0 bridgehead atoms. The van der Waals surface area contributed by atoms with E-state index in [2.05, 4.69) is 16.0 Å². The third-order valence-electron chi connectivity index (χ3n) is 9.60. The Balaban J connectivity index is 1.45. The molecule has 0 radical (unpaired) electrons. The number of halogens is 3. The van der Waals surface area contributed by atoms with Crippen LogP contribution in [-0.2, 0) is 24.5 Å². The van der Waals surface area contributed by atoms with Gasteiger partial charge < -0.3 is 26.4 Å². The van der Waals surface area contributed by atoms with Gasteiger partial charge in [-0.3, -0.25) is 14.4 Å². The molecular formula is C33H43Cl2FN4O4. The van der Waals surface area contributed by atoms with Crippen LogP contribution < -0.4 is 21.7 Å². The first kappa shape index (κ1) is 32.9. The summed E-state index contributed by atoms with van der Waals surface area (Å²) >= 11 is 12.9. The number of anilines is 1. The number of allylic oxidation sites excluding steroid dienone is 4. The van der Waals surface area contributed by atoms with Gasteiger partial charge in [0.2, 0.25) is 11.8 Å². The van der Waals surface area contributed by atoms with E-state index in [4.69, 9.17) is 33.7 Å². The smallest absolute Gasteiger partial charge is 0.323 e. The minimum atomic E-state index is -2.27. The average Bonchev–Trinajstić information content (AvgIpc) is 3.55. The number of hydrogen-bond acceptors (Lipinski definition) is 6. The lowest BCUT2D eigenvalue weighted by Crippen LogP contribution is -2.57. The summed E-state index contributed by atoms with van der Waals surface area (Å²) in [4.78, 5) is 40.8. The first-order chi connectivity index (χ1) is 20.6. The van der Waals surface area contributed by atoms with Gasteiger partial charge in [-0.15, -0.1) is 0 Å². The lowest BCUT2D eigenvalue weighted by molar-refractivity contribution is -0.153. The normalized spacial score (nSPS) is 33.7. The van der Waals surface area contributed by atoms with Crippen LogP contribution in [0.2, 0.25) is 5.02 Å². The Hall–Kier alpha value is -2.46. The fourth-order valence-corrected chi connectivity index (χ4v) is 7.83. The van der Waals surface area contributed by atoms with E-state index in [0.717, 1.165) is 0 Å². The summed E-state index contributed by atoms with van der Waals surface area (Å²) in [7, 11) is 0. The Morgan fingerprint density at radius 3 is 2.45 bits per heavy atom. The van der Waals surface area contributed by atoms with E-state index in [1.165, 1.54) is 18.2 Å². The van der Waals surface area contributed by atoms with Crippen molar-refractivity contribution in [3.63, 3.8) is 0 Å². The number of nitrogens with two attached hydrogens (primary N) is 1. The van der Waals surface area contributed by atoms with Gasteiger partial charge in [-0.25, -0.2) is 4.39 Å². The van der Waals surface area contributed by atoms with Crippen LogP contribution in [0.1, 0.15) is 72.3 Å². The Morgan fingerprint density at radius 2 is 1.86 bits per heavy atom. The van der Waals surface area contributed by atoms with Crippen molar-refractivity contribution in [2.75, 3.05) is 5.32 Å². The monoisotopic (exact) mass is 648 g/mol. The highest BCUT2D eigenvalue weighted by atomic mass is 35.5. The van der Waals surface area contributed by atoms with Gasteiger partial charge in [0, 0.05) is 28.7 Å². The second-order valence-corrected chi connectivity index (χ2v) is 15.1. The van der Waals surface area contributed by atoms with Crippen molar-refractivity contribution < 1.29 is 23.5 Å². The molecule has 2 aliphatic carbocycles. The summed E-state index contributed by atoms with van der Waals surface area (Å²) in [6, 6.07) is 2.55. The molecule has 6 atom stereocenters. The summed E-state index contributed by atoms with van der Waals surface area (Å²) in [6.45, 7) is 9.88. The number of benzene rings is 1. The van der Waals surface area contributed by atoms with Gasteiger partial charge in [0.05, 0.1) is 11.1 Å². The third-order valence-corrected chi connectivity index (χ3v) is 10.2. The fourth-order valence-electron chi connectivity index (χ4n) is 7.40. The van der Waals surface area contributed by atoms with Crippen LogP contribution in [0.4, 0.5) is 10.1 Å². The molecule has 1 aromatic carbocycles. The van der Waals surface area contributed by atoms with E-state index in [0.29, 0.717) is 48.4 Å². The number of amides is 2. The largest absolute Gasteiger partial charge is 0.461 e. The van der Waals surface area contributed by atoms with E-state index < -0.39 is 47.0 Å². The van der Waals surface area contributed by atoms with Crippen molar-refractivity contribution in [2.24, 2.45) is 23.0 Å². The molecule has 44 heavy (non-hydrogen) atoms. The van der Waals surface area contributed by atoms with E-state index >= 15 is 4.39 Å². The fraction of sp³-hybridized carbons (Fsp3) is 0.606. The molecule has 5 N–H and O–H groups in total. The zero-order valence-corrected chi connectivity index (χ0v) is 27.4. The second kappa shape index (κ2) is 12.0. The molecule has 1 saturated carbocycles. The van der Waals surface area contributed by atoms with E-state index in [-0.39, 0.29) is 34.4 Å². The van der Waals surface area contributed by atoms with Gasteiger partial charge in [0.1, 0.15) is 17.6 Å². The number of alkyl halides is 1. The molecule has 11 heteroatoms. The van der Waals surface area contributed by atoms with Gasteiger partial charge >= 0.3 is 5.97 Å². The molecule has 2 amide bonds. The summed E-state index contributed by atoms with van der Waals surface area (Å²) in [6.07, 6.45) is 6.88. The molecule has 8 nitrogen and oxygen atoms in total. The quantitative estimate of drug-likeness (QED) is 0.299. The molecule has 1 spiro atoms. The highest BCUT2D eigenvalue weighted by molar-refractivity contribution is 6.32. The molecule has 1 aromatic rings. The molecule has 2 aliphatic heterocycles. The average molecular weight is 650 g/mol. The van der Waals surface area contributed by atoms with Crippen LogP contribution >= 0.6 is 23.2 Å².